The minimum atomic E-state index is -0.558. The van der Waals surface area contributed by atoms with Gasteiger partial charge in [0.05, 0.1) is 10.7 Å². The molecule has 3 heterocycles. The van der Waals surface area contributed by atoms with Gasteiger partial charge in [0.1, 0.15) is 16.8 Å². The number of para-hydroxylation sites is 2. The molecule has 0 atom stereocenters. The highest BCUT2D eigenvalue weighted by Gasteiger charge is 2.28. The Morgan fingerprint density at radius 2 is 1.71 bits per heavy atom. The van der Waals surface area contributed by atoms with E-state index in [1.807, 2.05) is 0 Å². The van der Waals surface area contributed by atoms with E-state index in [2.05, 4.69) is 96.1 Å². The van der Waals surface area contributed by atoms with Crippen molar-refractivity contribution in [3.8, 4) is 5.88 Å². The van der Waals surface area contributed by atoms with E-state index >= 15 is 0 Å². The van der Waals surface area contributed by atoms with Crippen molar-refractivity contribution in [1.29, 1.82) is 0 Å². The number of aryl methyl sites for hydroxylation is 1. The second kappa shape index (κ2) is 11.3. The van der Waals surface area contributed by atoms with Crippen molar-refractivity contribution in [1.82, 2.24) is 9.13 Å². The molecule has 0 saturated heterocycles. The predicted molar refractivity (Wildman–Crippen MR) is 173 cm³/mol. The fraction of sp³-hybridized carbons (Fsp3) is 0.242. The zero-order valence-electron chi connectivity index (χ0n) is 24.1. The summed E-state index contributed by atoms with van der Waals surface area (Å²) in [6.07, 6.45) is 9.79. The van der Waals surface area contributed by atoms with Gasteiger partial charge in [0.15, 0.2) is 0 Å². The first-order valence-electron chi connectivity index (χ1n) is 14.1. The topological polar surface area (TPSA) is 71.3 Å². The minimum absolute atomic E-state index is 0.163. The van der Waals surface area contributed by atoms with Gasteiger partial charge in [0, 0.05) is 37.7 Å². The number of thioether (sulfide) groups is 1. The Hall–Kier alpha value is -4.08. The number of hydrogen-bond acceptors (Lipinski definition) is 6. The molecule has 0 fully saturated rings. The molecule has 0 amide bonds. The molecular weight excluding hydrogens is 565 g/mol. The molecule has 0 bridgehead atoms. The van der Waals surface area contributed by atoms with Gasteiger partial charge in [-0.1, -0.05) is 59.5 Å². The number of fused-ring (bicyclic) bond motifs is 2. The van der Waals surface area contributed by atoms with Crippen LogP contribution >= 0.6 is 23.1 Å². The van der Waals surface area contributed by atoms with Crippen molar-refractivity contribution in [2.45, 2.75) is 38.1 Å². The lowest BCUT2D eigenvalue weighted by molar-refractivity contribution is -0.665. The Morgan fingerprint density at radius 3 is 2.50 bits per heavy atom. The third-order valence-electron chi connectivity index (χ3n) is 7.95. The minimum Gasteiger partial charge on any atom is -0.494 e. The Morgan fingerprint density at radius 1 is 0.952 bits per heavy atom. The summed E-state index contributed by atoms with van der Waals surface area (Å²) in [7, 11) is 2.95. The second-order valence-corrected chi connectivity index (χ2v) is 12.4. The number of aromatic hydroxyl groups is 1. The highest BCUT2D eigenvalue weighted by molar-refractivity contribution is 8.03. The summed E-state index contributed by atoms with van der Waals surface area (Å²) in [4.78, 5) is 29.6. The largest absolute Gasteiger partial charge is 0.494 e. The summed E-state index contributed by atoms with van der Waals surface area (Å²) in [5.41, 5.74) is 4.11. The molecule has 2 aromatic heterocycles. The average Bonchev–Trinajstić information content (AvgIpc) is 3.69. The Bertz CT molecular complexity index is 1970. The number of benzene rings is 2. The summed E-state index contributed by atoms with van der Waals surface area (Å²) in [5.74, 6) is -0.312. The number of nitrogens with zero attached hydrogens (tertiary/aromatic N) is 4. The summed E-state index contributed by atoms with van der Waals surface area (Å²) in [5, 5.41) is 13.4. The van der Waals surface area contributed by atoms with Gasteiger partial charge in [-0.3, -0.25) is 13.9 Å². The maximum atomic E-state index is 13.5. The molecule has 0 saturated carbocycles. The lowest BCUT2D eigenvalue weighted by Gasteiger charge is -2.17. The van der Waals surface area contributed by atoms with Crippen LogP contribution in [0, 0.1) is 0 Å². The van der Waals surface area contributed by atoms with Crippen LogP contribution in [0.2, 0.25) is 0 Å². The molecule has 1 aliphatic heterocycles. The maximum absolute atomic E-state index is 13.5. The Balaban J connectivity index is 1.50. The Kier molecular flexibility index (Phi) is 7.55. The van der Waals surface area contributed by atoms with Crippen LogP contribution in [0.4, 0.5) is 5.69 Å². The molecule has 2 aromatic carbocycles. The van der Waals surface area contributed by atoms with E-state index in [0.717, 1.165) is 43.4 Å². The van der Waals surface area contributed by atoms with Gasteiger partial charge in [-0.25, -0.2) is 4.79 Å². The predicted octanol–water partition coefficient (Wildman–Crippen LogP) is 5.97. The lowest BCUT2D eigenvalue weighted by atomic mass is 9.99. The number of hydrogen-bond donors (Lipinski definition) is 1. The maximum Gasteiger partial charge on any atom is 0.333 e. The lowest BCUT2D eigenvalue weighted by Crippen LogP contribution is -2.38. The molecule has 0 radical (unpaired) electrons. The van der Waals surface area contributed by atoms with Crippen molar-refractivity contribution in [2.24, 2.45) is 14.1 Å². The fourth-order valence-electron chi connectivity index (χ4n) is 5.78. The van der Waals surface area contributed by atoms with Crippen molar-refractivity contribution in [3.05, 3.63) is 114 Å². The molecule has 4 aromatic rings. The van der Waals surface area contributed by atoms with Crippen LogP contribution in [0.25, 0.3) is 21.9 Å². The van der Waals surface area contributed by atoms with E-state index in [1.54, 1.807) is 23.1 Å². The van der Waals surface area contributed by atoms with E-state index in [1.165, 1.54) is 34.9 Å². The molecule has 7 nitrogen and oxygen atoms in total. The van der Waals surface area contributed by atoms with Crippen molar-refractivity contribution in [3.63, 3.8) is 0 Å². The van der Waals surface area contributed by atoms with E-state index in [9.17, 15) is 14.7 Å². The van der Waals surface area contributed by atoms with E-state index < -0.39 is 11.2 Å². The van der Waals surface area contributed by atoms with Gasteiger partial charge < -0.3 is 10.0 Å². The molecule has 214 valence electrons. The first kappa shape index (κ1) is 28.1. The van der Waals surface area contributed by atoms with Crippen LogP contribution in [0.15, 0.2) is 97.4 Å². The SMILES string of the molecule is CCN1C(=C/C=C2\CCC(/C=C/c3sc4ccccc4[n+]3CC)=C2c2c(O)n(C)c(=O)n(C)c2=O)Sc2ccccc21. The van der Waals surface area contributed by atoms with Crippen LogP contribution in [-0.4, -0.2) is 20.8 Å². The van der Waals surface area contributed by atoms with E-state index in [-0.39, 0.29) is 11.4 Å². The number of rotatable bonds is 6. The summed E-state index contributed by atoms with van der Waals surface area (Å²) < 4.78 is 5.70. The first-order valence-corrected chi connectivity index (χ1v) is 15.7. The molecule has 42 heavy (non-hydrogen) atoms. The molecular formula is C33H33N4O3S2+. The smallest absolute Gasteiger partial charge is 0.333 e. The second-order valence-electron chi connectivity index (χ2n) is 10.3. The molecule has 1 N–H and O–H groups in total. The van der Waals surface area contributed by atoms with E-state index in [4.69, 9.17) is 0 Å². The van der Waals surface area contributed by atoms with Gasteiger partial charge in [-0.2, -0.15) is 4.57 Å². The van der Waals surface area contributed by atoms with Gasteiger partial charge >= 0.3 is 5.69 Å². The van der Waals surface area contributed by atoms with Gasteiger partial charge in [0.25, 0.3) is 10.6 Å². The molecule has 9 heteroatoms. The summed E-state index contributed by atoms with van der Waals surface area (Å²) in [6.45, 7) is 5.95. The standard InChI is InChI=1S/C33H32N4O3S2/c1-5-36-23-11-7-9-13-25(23)41-27(36)19-17-21-15-16-22(29(21)30-31(38)34(3)33(40)35(4)32(30)39)18-20-28-37(6-2)24-12-8-10-14-26(24)42-28/h7-14,17-20H,5-6,15-16H2,1-4H3/p+1/b21-17+,27-19?. The molecule has 0 unspecified atom stereocenters. The normalized spacial score (nSPS) is 17.1. The van der Waals surface area contributed by atoms with Crippen LogP contribution < -0.4 is 20.7 Å². The highest BCUT2D eigenvalue weighted by atomic mass is 32.2. The number of allylic oxidation sites excluding steroid dienone is 6. The molecule has 2 aliphatic rings. The third-order valence-corrected chi connectivity index (χ3v) is 10.2. The third kappa shape index (κ3) is 4.66. The first-order chi connectivity index (χ1) is 20.3. The van der Waals surface area contributed by atoms with Gasteiger partial charge in [-0.05, 0) is 67.7 Å². The van der Waals surface area contributed by atoms with E-state index in [0.29, 0.717) is 18.4 Å². The Labute approximate surface area is 252 Å². The van der Waals surface area contributed by atoms with Crippen molar-refractivity contribution in [2.75, 3.05) is 11.4 Å². The fourth-order valence-corrected chi connectivity index (χ4v) is 8.04. The summed E-state index contributed by atoms with van der Waals surface area (Å²) >= 11 is 3.45. The van der Waals surface area contributed by atoms with Gasteiger partial charge in [0.2, 0.25) is 11.4 Å². The van der Waals surface area contributed by atoms with Crippen LogP contribution in [0.5, 0.6) is 5.88 Å². The quantitative estimate of drug-likeness (QED) is 0.277. The monoisotopic (exact) mass is 597 g/mol. The average molecular weight is 598 g/mol. The van der Waals surface area contributed by atoms with Crippen molar-refractivity contribution >= 4 is 50.7 Å². The highest BCUT2D eigenvalue weighted by Crippen LogP contribution is 2.46. The number of thiazole rings is 1. The number of aromatic nitrogens is 3. The van der Waals surface area contributed by atoms with Crippen molar-refractivity contribution < 1.29 is 9.67 Å². The zero-order valence-corrected chi connectivity index (χ0v) is 25.8. The molecule has 6 rings (SSSR count). The molecule has 0 spiro atoms. The summed E-state index contributed by atoms with van der Waals surface area (Å²) in [6, 6.07) is 16.7. The van der Waals surface area contributed by atoms with Gasteiger partial charge in [-0.15, -0.1) is 0 Å². The molecule has 1 aliphatic carbocycles. The van der Waals surface area contributed by atoms with Crippen LogP contribution in [0.3, 0.4) is 0 Å². The van der Waals surface area contributed by atoms with Crippen LogP contribution in [0.1, 0.15) is 37.3 Å². The number of anilines is 1. The van der Waals surface area contributed by atoms with Crippen LogP contribution in [-0.2, 0) is 20.6 Å². The zero-order chi connectivity index (χ0) is 29.5.